The molecule has 0 saturated carbocycles. The largest absolute Gasteiger partial charge is 0.453 e. The van der Waals surface area contributed by atoms with E-state index >= 15 is 0 Å². The molecule has 0 spiro atoms. The molecule has 162 valence electrons. The fraction of sp³-hybridized carbons (Fsp3) is 1.00. The normalized spacial score (nSPS) is 18.3. The van der Waals surface area contributed by atoms with Gasteiger partial charge in [0, 0.05) is 26.2 Å². The van der Waals surface area contributed by atoms with E-state index in [4.69, 9.17) is 9.47 Å². The van der Waals surface area contributed by atoms with Gasteiger partial charge >= 0.3 is 12.1 Å². The van der Waals surface area contributed by atoms with Crippen molar-refractivity contribution in [3.63, 3.8) is 0 Å². The first kappa shape index (κ1) is 24.6. The van der Waals surface area contributed by atoms with Gasteiger partial charge < -0.3 is 9.47 Å². The lowest BCUT2D eigenvalue weighted by Crippen LogP contribution is -2.36. The summed E-state index contributed by atoms with van der Waals surface area (Å²) in [4.78, 5) is 0. The molecule has 1 atom stereocenters. The maximum absolute atomic E-state index is 12.7. The van der Waals surface area contributed by atoms with Crippen LogP contribution in [0.3, 0.4) is 0 Å². The maximum atomic E-state index is 12.7. The van der Waals surface area contributed by atoms with Crippen LogP contribution in [0.5, 0.6) is 0 Å². The average Bonchev–Trinajstić information content (AvgIpc) is 3.10. The van der Waals surface area contributed by atoms with Gasteiger partial charge in [0.25, 0.3) is 0 Å². The van der Waals surface area contributed by atoms with Crippen LogP contribution in [0.25, 0.3) is 0 Å². The number of hydrogen-bond donors (Lipinski definition) is 0. The molecular weight excluding hydrogens is 367 g/mol. The van der Waals surface area contributed by atoms with E-state index in [0.717, 1.165) is 84.0 Å². The molecule has 0 aromatic rings. The zero-order chi connectivity index (χ0) is 20.0. The summed E-state index contributed by atoms with van der Waals surface area (Å²) in [7, 11) is 0. The van der Waals surface area contributed by atoms with E-state index in [1.807, 2.05) is 0 Å². The second kappa shape index (κ2) is 13.7. The van der Waals surface area contributed by atoms with Crippen LogP contribution in [-0.2, 0) is 9.47 Å². The van der Waals surface area contributed by atoms with Gasteiger partial charge in [-0.25, -0.2) is 0 Å². The lowest BCUT2D eigenvalue weighted by Gasteiger charge is -2.19. The molecule has 0 aliphatic carbocycles. The Labute approximate surface area is 160 Å². The molecule has 1 saturated heterocycles. The number of rotatable bonds is 16. The van der Waals surface area contributed by atoms with Gasteiger partial charge in [-0.2, -0.15) is 22.0 Å². The molecular formula is C20H35F5O2. The van der Waals surface area contributed by atoms with Gasteiger partial charge in [0.1, 0.15) is 0 Å². The average molecular weight is 402 g/mol. The number of ether oxygens (including phenoxy) is 2. The zero-order valence-electron chi connectivity index (χ0n) is 16.3. The van der Waals surface area contributed by atoms with Gasteiger partial charge in [-0.3, -0.25) is 0 Å². The van der Waals surface area contributed by atoms with Crippen molar-refractivity contribution in [2.24, 2.45) is 0 Å². The third kappa shape index (κ3) is 11.9. The Balaban J connectivity index is 1.75. The van der Waals surface area contributed by atoms with Crippen molar-refractivity contribution < 1.29 is 31.4 Å². The van der Waals surface area contributed by atoms with Crippen LogP contribution < -0.4 is 0 Å². The fourth-order valence-corrected chi connectivity index (χ4v) is 3.30. The van der Waals surface area contributed by atoms with Gasteiger partial charge in [0.15, 0.2) is 0 Å². The van der Waals surface area contributed by atoms with Crippen LogP contribution in [0.1, 0.15) is 89.9 Å². The van der Waals surface area contributed by atoms with E-state index in [1.165, 1.54) is 6.42 Å². The van der Waals surface area contributed by atoms with Gasteiger partial charge in [-0.1, -0.05) is 51.4 Å². The van der Waals surface area contributed by atoms with Crippen molar-refractivity contribution in [3.8, 4) is 0 Å². The summed E-state index contributed by atoms with van der Waals surface area (Å²) in [5, 5.41) is 0. The van der Waals surface area contributed by atoms with Crippen LogP contribution in [0, 0.1) is 0 Å². The first-order valence-electron chi connectivity index (χ1n) is 10.5. The minimum absolute atomic E-state index is 0.0701. The van der Waals surface area contributed by atoms with Crippen molar-refractivity contribution in [1.82, 2.24) is 0 Å². The number of hydrogen-bond acceptors (Lipinski definition) is 2. The molecule has 1 aliphatic rings. The van der Waals surface area contributed by atoms with Crippen molar-refractivity contribution in [2.75, 3.05) is 19.8 Å². The van der Waals surface area contributed by atoms with E-state index in [-0.39, 0.29) is 6.42 Å². The summed E-state index contributed by atoms with van der Waals surface area (Å²) in [6.45, 7) is 2.47. The Morgan fingerprint density at radius 1 is 0.741 bits per heavy atom. The van der Waals surface area contributed by atoms with Crippen molar-refractivity contribution in [3.05, 3.63) is 0 Å². The van der Waals surface area contributed by atoms with Gasteiger partial charge in [0.05, 0.1) is 6.10 Å². The highest BCUT2D eigenvalue weighted by atomic mass is 19.4. The lowest BCUT2D eigenvalue weighted by atomic mass is 10.0. The smallest absolute Gasteiger partial charge is 0.381 e. The second-order valence-corrected chi connectivity index (χ2v) is 7.52. The number of halogens is 5. The first-order chi connectivity index (χ1) is 12.8. The van der Waals surface area contributed by atoms with E-state index in [1.54, 1.807) is 0 Å². The van der Waals surface area contributed by atoms with Crippen molar-refractivity contribution in [1.29, 1.82) is 0 Å². The molecule has 1 unspecified atom stereocenters. The molecule has 0 aromatic carbocycles. The molecule has 0 aromatic heterocycles. The summed E-state index contributed by atoms with van der Waals surface area (Å²) < 4.78 is 72.6. The van der Waals surface area contributed by atoms with Crippen molar-refractivity contribution in [2.45, 2.75) is 108 Å². The molecule has 1 fully saturated rings. The molecule has 27 heavy (non-hydrogen) atoms. The standard InChI is InChI=1S/C20H35F5O2/c21-19(22,20(23,24)25)14-9-7-5-3-1-2-4-6-8-10-15-26-17-13-18-12-11-16-27-18/h18H,1-17H2. The number of unbranched alkanes of at least 4 members (excludes halogenated alkanes) is 9. The van der Waals surface area contributed by atoms with E-state index in [0.29, 0.717) is 12.5 Å². The highest BCUT2D eigenvalue weighted by Gasteiger charge is 2.56. The van der Waals surface area contributed by atoms with Crippen LogP contribution in [0.15, 0.2) is 0 Å². The number of alkyl halides is 5. The fourth-order valence-electron chi connectivity index (χ4n) is 3.30. The molecule has 0 bridgehead atoms. The third-order valence-electron chi connectivity index (χ3n) is 5.05. The Morgan fingerprint density at radius 2 is 1.30 bits per heavy atom. The highest BCUT2D eigenvalue weighted by Crippen LogP contribution is 2.39. The van der Waals surface area contributed by atoms with E-state index < -0.39 is 18.5 Å². The SMILES string of the molecule is FC(F)(F)C(F)(F)CCCCCCCCCCCCOCCC1CCCO1. The summed E-state index contributed by atoms with van der Waals surface area (Å²) in [5.74, 6) is -4.54. The predicted molar refractivity (Wildman–Crippen MR) is 96.2 cm³/mol. The molecule has 0 amide bonds. The molecule has 7 heteroatoms. The Bertz CT molecular complexity index is 355. The Kier molecular flexibility index (Phi) is 12.5. The molecule has 1 heterocycles. The summed E-state index contributed by atoms with van der Waals surface area (Å²) in [5.41, 5.74) is 0. The lowest BCUT2D eigenvalue weighted by molar-refractivity contribution is -0.284. The Morgan fingerprint density at radius 3 is 1.81 bits per heavy atom. The van der Waals surface area contributed by atoms with Gasteiger partial charge in [-0.15, -0.1) is 0 Å². The highest BCUT2D eigenvalue weighted by molar-refractivity contribution is 4.75. The van der Waals surface area contributed by atoms with Gasteiger partial charge in [-0.05, 0) is 32.1 Å². The predicted octanol–water partition coefficient (Wildman–Crippen LogP) is 7.06. The molecule has 1 rings (SSSR count). The van der Waals surface area contributed by atoms with Crippen LogP contribution in [-0.4, -0.2) is 38.0 Å². The van der Waals surface area contributed by atoms with Crippen molar-refractivity contribution >= 4 is 0 Å². The monoisotopic (exact) mass is 402 g/mol. The summed E-state index contributed by atoms with van der Waals surface area (Å²) in [6.07, 6.45) is 5.84. The van der Waals surface area contributed by atoms with Crippen LogP contribution >= 0.6 is 0 Å². The maximum Gasteiger partial charge on any atom is 0.453 e. The molecule has 0 radical (unpaired) electrons. The quantitative estimate of drug-likeness (QED) is 0.203. The van der Waals surface area contributed by atoms with Crippen LogP contribution in [0.4, 0.5) is 22.0 Å². The minimum atomic E-state index is -5.41. The molecule has 0 N–H and O–H groups in total. The third-order valence-corrected chi connectivity index (χ3v) is 5.05. The zero-order valence-corrected chi connectivity index (χ0v) is 16.3. The molecule has 2 nitrogen and oxygen atoms in total. The summed E-state index contributed by atoms with van der Waals surface area (Å²) >= 11 is 0. The van der Waals surface area contributed by atoms with Gasteiger partial charge in [0.2, 0.25) is 0 Å². The Hall–Kier alpha value is -0.430. The first-order valence-corrected chi connectivity index (χ1v) is 10.5. The molecule has 1 aliphatic heterocycles. The second-order valence-electron chi connectivity index (χ2n) is 7.52. The minimum Gasteiger partial charge on any atom is -0.381 e. The topological polar surface area (TPSA) is 18.5 Å². The summed E-state index contributed by atoms with van der Waals surface area (Å²) in [6, 6.07) is 0. The van der Waals surface area contributed by atoms with E-state index in [2.05, 4.69) is 0 Å². The van der Waals surface area contributed by atoms with Crippen LogP contribution in [0.2, 0.25) is 0 Å². The van der Waals surface area contributed by atoms with E-state index in [9.17, 15) is 22.0 Å².